The summed E-state index contributed by atoms with van der Waals surface area (Å²) in [5.74, 6) is 1.03. The van der Waals surface area contributed by atoms with E-state index in [1.807, 2.05) is 6.08 Å². The van der Waals surface area contributed by atoms with Crippen molar-refractivity contribution in [2.45, 2.75) is 91.3 Å². The summed E-state index contributed by atoms with van der Waals surface area (Å²) in [5.41, 5.74) is -0.155. The molecule has 9 heteroatoms. The van der Waals surface area contributed by atoms with Gasteiger partial charge in [0.15, 0.2) is 11.4 Å². The first kappa shape index (κ1) is 27.6. The predicted octanol–water partition coefficient (Wildman–Crippen LogP) is 1.57. The molecule has 7 nitrogen and oxygen atoms in total. The van der Waals surface area contributed by atoms with Crippen LogP contribution in [0.25, 0.3) is 0 Å². The third-order valence-electron chi connectivity index (χ3n) is 9.66. The summed E-state index contributed by atoms with van der Waals surface area (Å²) in [4.78, 5) is 43.4. The number of phosphoric acid groups is 1. The van der Waals surface area contributed by atoms with Gasteiger partial charge in [-0.2, -0.15) is 0 Å². The third kappa shape index (κ3) is 4.39. The van der Waals surface area contributed by atoms with Gasteiger partial charge in [0.05, 0.1) is 6.10 Å². The molecule has 4 rings (SSSR count). The summed E-state index contributed by atoms with van der Waals surface area (Å²) in [6, 6.07) is 0. The van der Waals surface area contributed by atoms with Crippen molar-refractivity contribution in [3.63, 3.8) is 0 Å². The van der Waals surface area contributed by atoms with Crippen molar-refractivity contribution >= 4 is 19.6 Å². The Morgan fingerprint density at radius 1 is 1.06 bits per heavy atom. The van der Waals surface area contributed by atoms with Crippen LogP contribution >= 0.6 is 7.82 Å². The summed E-state index contributed by atoms with van der Waals surface area (Å²) in [7, 11) is -4.53. The Morgan fingerprint density at radius 3 is 2.27 bits per heavy atom. The molecule has 0 aliphatic heterocycles. The molecular weight excluding hydrogens is 454 g/mol. The maximum Gasteiger partial charge on any atom is 1.00 e. The summed E-state index contributed by atoms with van der Waals surface area (Å²) in [5, 5.41) is 0. The minimum absolute atomic E-state index is 0. The average Bonchev–Trinajstić information content (AvgIpc) is 2.95. The van der Waals surface area contributed by atoms with Crippen LogP contribution in [0.1, 0.15) is 79.6 Å². The van der Waals surface area contributed by atoms with Gasteiger partial charge in [0.1, 0.15) is 0 Å². The first-order chi connectivity index (χ1) is 14.7. The fraction of sp³-hybridized carbons (Fsp3) is 0.833. The van der Waals surface area contributed by atoms with E-state index < -0.39 is 19.5 Å². The van der Waals surface area contributed by atoms with E-state index in [9.17, 15) is 23.9 Å². The fourth-order valence-corrected chi connectivity index (χ4v) is 8.97. The molecule has 0 spiro atoms. The number of hydrogen-bond donors (Lipinski definition) is 2. The largest absolute Gasteiger partial charge is 1.00 e. The Kier molecular flexibility index (Phi) is 7.63. The molecule has 0 saturated heterocycles. The van der Waals surface area contributed by atoms with Crippen molar-refractivity contribution in [2.75, 3.05) is 0 Å². The van der Waals surface area contributed by atoms with Gasteiger partial charge in [-0.3, -0.25) is 14.1 Å². The summed E-state index contributed by atoms with van der Waals surface area (Å²) in [6.45, 7) is 9.63. The monoisotopic (exact) mass is 491 g/mol. The van der Waals surface area contributed by atoms with Crippen LogP contribution < -0.4 is 29.6 Å². The third-order valence-corrected chi connectivity index (χ3v) is 10.2. The zero-order valence-electron chi connectivity index (χ0n) is 20.8. The molecule has 4 aliphatic carbocycles. The number of rotatable bonds is 4. The number of phosphoric ester groups is 1. The number of carbonyl (C=O) groups is 2. The van der Waals surface area contributed by atoms with Crippen LogP contribution in [0, 0.1) is 34.5 Å². The molecule has 0 aromatic carbocycles. The second-order valence-electron chi connectivity index (χ2n) is 11.2. The molecule has 3 fully saturated rings. The Hall–Kier alpha value is -0.0100. The van der Waals surface area contributed by atoms with Gasteiger partial charge in [0.25, 0.3) is 0 Å². The van der Waals surface area contributed by atoms with Crippen molar-refractivity contribution in [2.24, 2.45) is 34.5 Å². The van der Waals surface area contributed by atoms with Crippen LogP contribution in [-0.2, 0) is 23.4 Å². The number of fused-ring (bicyclic) bond motifs is 5. The van der Waals surface area contributed by atoms with Crippen LogP contribution in [0.15, 0.2) is 11.6 Å². The molecule has 180 valence electrons. The van der Waals surface area contributed by atoms with Gasteiger partial charge in [-0.25, -0.2) is 4.57 Å². The van der Waals surface area contributed by atoms with E-state index in [1.165, 1.54) is 12.5 Å². The molecule has 8 unspecified atom stereocenters. The van der Waals surface area contributed by atoms with Gasteiger partial charge in [0.2, 0.25) is 0 Å². The maximum absolute atomic E-state index is 12.9. The van der Waals surface area contributed by atoms with E-state index in [-0.39, 0.29) is 58.1 Å². The van der Waals surface area contributed by atoms with Crippen molar-refractivity contribution < 1.29 is 62.8 Å². The molecule has 3 saturated carbocycles. The fourth-order valence-electron chi connectivity index (χ4n) is 8.45. The Morgan fingerprint density at radius 2 is 1.70 bits per heavy atom. The Bertz CT molecular complexity index is 899. The number of allylic oxidation sites excluding steroid dienone is 1. The van der Waals surface area contributed by atoms with E-state index in [1.54, 1.807) is 6.92 Å². The zero-order chi connectivity index (χ0) is 23.7. The molecule has 0 aromatic rings. The van der Waals surface area contributed by atoms with E-state index in [0.717, 1.165) is 32.1 Å². The van der Waals surface area contributed by atoms with Crippen LogP contribution in [0.4, 0.5) is 0 Å². The van der Waals surface area contributed by atoms with Gasteiger partial charge < -0.3 is 14.5 Å². The molecule has 2 N–H and O–H groups in total. The van der Waals surface area contributed by atoms with Crippen LogP contribution in [0.2, 0.25) is 0 Å². The number of carbonyl (C=O) groups excluding carboxylic acids is 2. The van der Waals surface area contributed by atoms with Crippen molar-refractivity contribution in [3.05, 3.63) is 11.6 Å². The molecule has 0 heterocycles. The smallest absolute Gasteiger partial charge is 0.451 e. The predicted molar refractivity (Wildman–Crippen MR) is 118 cm³/mol. The Labute approximate surface area is 219 Å². The van der Waals surface area contributed by atoms with Crippen molar-refractivity contribution in [3.8, 4) is 0 Å². The second kappa shape index (κ2) is 9.14. The maximum atomic E-state index is 12.9. The van der Waals surface area contributed by atoms with Crippen molar-refractivity contribution in [1.82, 2.24) is 0 Å². The van der Waals surface area contributed by atoms with E-state index >= 15 is 0 Å². The molecule has 0 aromatic heterocycles. The van der Waals surface area contributed by atoms with E-state index in [2.05, 4.69) is 20.8 Å². The standard InChI is InChI=1S/C24H37O7P.Na/c1-14-12-18-19(22(4)9-6-17(13-21(14)22)31-32(27,28)29)7-10-23(5)20(18)8-11-24(23,15(2)25)30-16(3)26;/h13-14,17-20H,6-12H2,1-5H3,(H2,27,28,29);/q;+1. The van der Waals surface area contributed by atoms with Gasteiger partial charge in [-0.05, 0) is 81.0 Å². The Balaban J connectivity index is 0.00000306. The van der Waals surface area contributed by atoms with Gasteiger partial charge in [-0.15, -0.1) is 0 Å². The first-order valence-electron chi connectivity index (χ1n) is 11.9. The molecule has 0 bridgehead atoms. The van der Waals surface area contributed by atoms with Gasteiger partial charge in [-0.1, -0.05) is 32.4 Å². The van der Waals surface area contributed by atoms with E-state index in [0.29, 0.717) is 30.6 Å². The number of ether oxygens (including phenoxy) is 1. The van der Waals surface area contributed by atoms with Crippen LogP contribution in [-0.4, -0.2) is 33.2 Å². The zero-order valence-corrected chi connectivity index (χ0v) is 23.7. The number of Topliss-reactive ketones (excluding diaryl/α,β-unsaturated/α-hetero) is 1. The quantitative estimate of drug-likeness (QED) is 0.266. The second-order valence-corrected chi connectivity index (χ2v) is 12.4. The topological polar surface area (TPSA) is 110 Å². The number of hydrogen-bond acceptors (Lipinski definition) is 5. The summed E-state index contributed by atoms with van der Waals surface area (Å²) in [6.07, 6.45) is 7.10. The summed E-state index contributed by atoms with van der Waals surface area (Å²) < 4.78 is 22.3. The minimum Gasteiger partial charge on any atom is -0.451 e. The van der Waals surface area contributed by atoms with Crippen molar-refractivity contribution in [1.29, 1.82) is 0 Å². The average molecular weight is 492 g/mol. The molecule has 0 amide bonds. The molecule has 33 heavy (non-hydrogen) atoms. The number of esters is 1. The summed E-state index contributed by atoms with van der Waals surface area (Å²) >= 11 is 0. The number of ketones is 1. The van der Waals surface area contributed by atoms with Gasteiger partial charge in [0, 0.05) is 12.3 Å². The molecular formula is C24H37NaO7P+. The van der Waals surface area contributed by atoms with Gasteiger partial charge >= 0.3 is 43.3 Å². The molecule has 8 atom stereocenters. The first-order valence-corrected chi connectivity index (χ1v) is 13.4. The van der Waals surface area contributed by atoms with Crippen LogP contribution in [0.5, 0.6) is 0 Å². The SMILES string of the molecule is CC(=O)OC1(C(C)=O)CCC2C3CC(C)C4=CC(OP(=O)(O)O)CCC4(C)C3CCC21C.[Na+]. The minimum atomic E-state index is -4.53. The molecule has 4 aliphatic rings. The molecule has 0 radical (unpaired) electrons. The van der Waals surface area contributed by atoms with Crippen LogP contribution in [0.3, 0.4) is 0 Å². The van der Waals surface area contributed by atoms with E-state index in [4.69, 9.17) is 9.26 Å². The normalized spacial score (nSPS) is 44.5.